The largest absolute Gasteiger partial charge is 0.370 e. The van der Waals surface area contributed by atoms with Gasteiger partial charge in [0.05, 0.1) is 24.4 Å². The Morgan fingerprint density at radius 1 is 1.31 bits per heavy atom. The van der Waals surface area contributed by atoms with Gasteiger partial charge in [0, 0.05) is 6.42 Å². The number of rotatable bonds is 1. The van der Waals surface area contributed by atoms with Gasteiger partial charge in [-0.3, -0.25) is 0 Å². The van der Waals surface area contributed by atoms with Crippen molar-refractivity contribution in [3.63, 3.8) is 0 Å². The van der Waals surface area contributed by atoms with E-state index in [4.69, 9.17) is 4.74 Å². The zero-order valence-electron chi connectivity index (χ0n) is 7.45. The molecule has 13 heavy (non-hydrogen) atoms. The van der Waals surface area contributed by atoms with Crippen LogP contribution in [0, 0.1) is 0 Å². The highest BCUT2D eigenvalue weighted by Crippen LogP contribution is 2.11. The molecule has 74 valence electrons. The van der Waals surface area contributed by atoms with E-state index < -0.39 is 9.84 Å². The molecule has 2 rings (SSSR count). The summed E-state index contributed by atoms with van der Waals surface area (Å²) in [5.74, 6) is 0.298. The van der Waals surface area contributed by atoms with Gasteiger partial charge in [-0.1, -0.05) is 0 Å². The summed E-state index contributed by atoms with van der Waals surface area (Å²) < 4.78 is 27.5. The summed E-state index contributed by atoms with van der Waals surface area (Å²) in [6, 6.07) is 0. The molecule has 2 aliphatic rings. The minimum Gasteiger partial charge on any atom is -0.370 e. The first kappa shape index (κ1) is 9.18. The molecule has 0 aromatic rings. The Kier molecular flexibility index (Phi) is 2.40. The molecule has 0 bridgehead atoms. The minimum absolute atomic E-state index is 0.298. The Labute approximate surface area is 78.1 Å². The number of quaternary nitrogens is 1. The molecule has 0 atom stereocenters. The molecule has 0 aliphatic carbocycles. The van der Waals surface area contributed by atoms with Crippen LogP contribution in [-0.2, 0) is 14.6 Å². The SMILES string of the molecule is O=S1(=O)C=C([NH+]2CCOCC2)CC1. The molecule has 1 N–H and O–H groups in total. The molecule has 1 saturated heterocycles. The predicted molar refractivity (Wildman–Crippen MR) is 48.0 cm³/mol. The van der Waals surface area contributed by atoms with Gasteiger partial charge in [0.1, 0.15) is 18.8 Å². The molecule has 0 saturated carbocycles. The summed E-state index contributed by atoms with van der Waals surface area (Å²) in [7, 11) is -2.87. The molecule has 5 heteroatoms. The van der Waals surface area contributed by atoms with Gasteiger partial charge >= 0.3 is 0 Å². The topological polar surface area (TPSA) is 47.8 Å². The Hall–Kier alpha value is -0.390. The number of allylic oxidation sites excluding steroid dienone is 1. The monoisotopic (exact) mass is 204 g/mol. The van der Waals surface area contributed by atoms with Crippen LogP contribution in [0.4, 0.5) is 0 Å². The van der Waals surface area contributed by atoms with Crippen molar-refractivity contribution in [3.8, 4) is 0 Å². The maximum absolute atomic E-state index is 11.2. The van der Waals surface area contributed by atoms with E-state index in [2.05, 4.69) is 0 Å². The van der Waals surface area contributed by atoms with Crippen LogP contribution in [0.15, 0.2) is 11.1 Å². The lowest BCUT2D eigenvalue weighted by molar-refractivity contribution is -0.870. The van der Waals surface area contributed by atoms with Crippen molar-refractivity contribution in [2.24, 2.45) is 0 Å². The van der Waals surface area contributed by atoms with Gasteiger partial charge in [-0.15, -0.1) is 0 Å². The van der Waals surface area contributed by atoms with Gasteiger partial charge in [0.25, 0.3) is 0 Å². The molecule has 0 unspecified atom stereocenters. The average Bonchev–Trinajstić information content (AvgIpc) is 2.48. The van der Waals surface area contributed by atoms with Crippen molar-refractivity contribution < 1.29 is 18.1 Å². The van der Waals surface area contributed by atoms with Crippen LogP contribution in [0.2, 0.25) is 0 Å². The number of morpholine rings is 1. The van der Waals surface area contributed by atoms with Gasteiger partial charge in [0.2, 0.25) is 0 Å². The smallest absolute Gasteiger partial charge is 0.177 e. The fourth-order valence-electron chi connectivity index (χ4n) is 1.79. The Morgan fingerprint density at radius 3 is 2.54 bits per heavy atom. The van der Waals surface area contributed by atoms with Crippen LogP contribution in [0.1, 0.15) is 6.42 Å². The van der Waals surface area contributed by atoms with Gasteiger partial charge in [-0.2, -0.15) is 0 Å². The van der Waals surface area contributed by atoms with Crippen LogP contribution in [0.5, 0.6) is 0 Å². The van der Waals surface area contributed by atoms with Crippen LogP contribution < -0.4 is 4.90 Å². The van der Waals surface area contributed by atoms with Gasteiger partial charge < -0.3 is 9.64 Å². The van der Waals surface area contributed by atoms with Gasteiger partial charge in [-0.05, 0) is 0 Å². The maximum Gasteiger partial charge on any atom is 0.177 e. The molecule has 0 amide bonds. The van der Waals surface area contributed by atoms with Crippen molar-refractivity contribution in [1.82, 2.24) is 0 Å². The third-order valence-electron chi connectivity index (χ3n) is 2.53. The van der Waals surface area contributed by atoms with Crippen molar-refractivity contribution in [3.05, 3.63) is 11.1 Å². The van der Waals surface area contributed by atoms with Gasteiger partial charge in [0.15, 0.2) is 9.84 Å². The molecule has 2 aliphatic heterocycles. The maximum atomic E-state index is 11.2. The molecule has 2 heterocycles. The van der Waals surface area contributed by atoms with Crippen LogP contribution in [0.3, 0.4) is 0 Å². The zero-order valence-corrected chi connectivity index (χ0v) is 8.27. The molecule has 0 spiro atoms. The Morgan fingerprint density at radius 2 is 2.00 bits per heavy atom. The zero-order chi connectivity index (χ0) is 9.31. The predicted octanol–water partition coefficient (Wildman–Crippen LogP) is -1.44. The van der Waals surface area contributed by atoms with E-state index in [-0.39, 0.29) is 0 Å². The average molecular weight is 204 g/mol. The van der Waals surface area contributed by atoms with Crippen molar-refractivity contribution in [1.29, 1.82) is 0 Å². The molecule has 1 fully saturated rings. The first-order valence-electron chi connectivity index (χ1n) is 4.53. The summed E-state index contributed by atoms with van der Waals surface area (Å²) in [5, 5.41) is 1.45. The second-order valence-corrected chi connectivity index (χ2v) is 5.45. The lowest BCUT2D eigenvalue weighted by Gasteiger charge is -2.23. The van der Waals surface area contributed by atoms with E-state index in [9.17, 15) is 8.42 Å². The first-order chi connectivity index (χ1) is 6.17. The molecule has 0 aromatic carbocycles. The third-order valence-corrected chi connectivity index (χ3v) is 3.95. The van der Waals surface area contributed by atoms with Crippen molar-refractivity contribution in [2.75, 3.05) is 32.1 Å². The summed E-state index contributed by atoms with van der Waals surface area (Å²) >= 11 is 0. The minimum atomic E-state index is -2.87. The van der Waals surface area contributed by atoms with E-state index in [1.54, 1.807) is 0 Å². The standard InChI is InChI=1S/C8H13NO3S/c10-13(11)6-1-8(7-13)9-2-4-12-5-3-9/h7H,1-6H2/p+1. The molecule has 0 aromatic heterocycles. The summed E-state index contributed by atoms with van der Waals surface area (Å²) in [5.41, 5.74) is 1.04. The number of ether oxygens (including phenoxy) is 1. The normalized spacial score (nSPS) is 28.8. The van der Waals surface area contributed by atoms with Crippen LogP contribution >= 0.6 is 0 Å². The number of nitrogens with one attached hydrogen (secondary N) is 1. The highest BCUT2D eigenvalue weighted by molar-refractivity contribution is 7.94. The van der Waals surface area contributed by atoms with E-state index in [1.807, 2.05) is 0 Å². The second kappa shape index (κ2) is 3.40. The molecule has 4 nitrogen and oxygen atoms in total. The van der Waals surface area contributed by atoms with Crippen molar-refractivity contribution >= 4 is 9.84 Å². The molecule has 0 radical (unpaired) electrons. The fourth-order valence-corrected chi connectivity index (χ4v) is 3.13. The van der Waals surface area contributed by atoms with E-state index in [0.717, 1.165) is 32.0 Å². The fraction of sp³-hybridized carbons (Fsp3) is 0.750. The first-order valence-corrected chi connectivity index (χ1v) is 6.25. The van der Waals surface area contributed by atoms with Crippen LogP contribution in [0.25, 0.3) is 0 Å². The van der Waals surface area contributed by atoms with E-state index >= 15 is 0 Å². The lowest BCUT2D eigenvalue weighted by Crippen LogP contribution is -3.12. The van der Waals surface area contributed by atoms with Crippen LogP contribution in [-0.4, -0.2) is 40.5 Å². The lowest BCUT2D eigenvalue weighted by atomic mass is 10.3. The molecular formula is C8H14NO3S+. The Balaban J connectivity index is 2.09. The number of hydrogen-bond acceptors (Lipinski definition) is 3. The van der Waals surface area contributed by atoms with Gasteiger partial charge in [-0.25, -0.2) is 8.42 Å². The van der Waals surface area contributed by atoms with Crippen molar-refractivity contribution in [2.45, 2.75) is 6.42 Å². The summed E-state index contributed by atoms with van der Waals surface area (Å²) in [6.45, 7) is 3.29. The Bertz CT molecular complexity index is 314. The summed E-state index contributed by atoms with van der Waals surface area (Å²) in [4.78, 5) is 1.28. The second-order valence-electron chi connectivity index (χ2n) is 3.48. The molecular weight excluding hydrogens is 190 g/mol. The number of hydrogen-bond donors (Lipinski definition) is 1. The summed E-state index contributed by atoms with van der Waals surface area (Å²) in [6.07, 6.45) is 0.706. The quantitative estimate of drug-likeness (QED) is 0.569. The highest BCUT2D eigenvalue weighted by atomic mass is 32.2. The van der Waals surface area contributed by atoms with E-state index in [1.165, 1.54) is 10.3 Å². The van der Waals surface area contributed by atoms with E-state index in [0.29, 0.717) is 12.2 Å². The highest BCUT2D eigenvalue weighted by Gasteiger charge is 2.27. The third kappa shape index (κ3) is 2.10. The number of sulfone groups is 1.